The summed E-state index contributed by atoms with van der Waals surface area (Å²) in [5, 5.41) is 1.04. The van der Waals surface area contributed by atoms with Gasteiger partial charge < -0.3 is 0 Å². The number of rotatable bonds is 8. The van der Waals surface area contributed by atoms with Crippen molar-refractivity contribution < 1.29 is 13.2 Å². The van der Waals surface area contributed by atoms with E-state index in [0.717, 1.165) is 31.1 Å². The van der Waals surface area contributed by atoms with Gasteiger partial charge in [0.25, 0.3) is 10.0 Å². The summed E-state index contributed by atoms with van der Waals surface area (Å²) in [5.74, 6) is 0. The summed E-state index contributed by atoms with van der Waals surface area (Å²) in [6.07, 6.45) is 6.91. The smallest absolute Gasteiger partial charge is 0.256 e. The van der Waals surface area contributed by atoms with E-state index in [9.17, 15) is 13.2 Å². The molecule has 0 spiro atoms. The van der Waals surface area contributed by atoms with Crippen LogP contribution >= 0.6 is 0 Å². The molecule has 0 atom stereocenters. The Hall–Kier alpha value is -0.840. The molecule has 0 fully saturated rings. The van der Waals surface area contributed by atoms with Gasteiger partial charge in [0.05, 0.1) is 0 Å². The quantitative estimate of drug-likeness (QED) is 0.497. The average Bonchev–Trinajstić information content (AvgIpc) is 2.11. The number of nitrogens with one attached hydrogen (secondary N) is 1. The Morgan fingerprint density at radius 2 is 1.93 bits per heavy atom. The van der Waals surface area contributed by atoms with Gasteiger partial charge in [0.15, 0.2) is 0 Å². The molecule has 82 valence electrons. The third kappa shape index (κ3) is 7.79. The van der Waals surface area contributed by atoms with E-state index in [1.54, 1.807) is 10.8 Å². The van der Waals surface area contributed by atoms with Crippen LogP contribution in [0.15, 0.2) is 11.5 Å². The summed E-state index contributed by atoms with van der Waals surface area (Å²) in [6.45, 7) is 2.12. The molecule has 0 saturated carbocycles. The van der Waals surface area contributed by atoms with Crippen molar-refractivity contribution in [3.05, 3.63) is 11.5 Å². The van der Waals surface area contributed by atoms with E-state index in [2.05, 4.69) is 6.92 Å². The van der Waals surface area contributed by atoms with Gasteiger partial charge in [-0.2, -0.15) is 0 Å². The lowest BCUT2D eigenvalue weighted by molar-refractivity contribution is -0.108. The minimum Gasteiger partial charge on any atom is -0.278 e. The van der Waals surface area contributed by atoms with Gasteiger partial charge >= 0.3 is 0 Å². The lowest BCUT2D eigenvalue weighted by Crippen LogP contribution is -2.18. The largest absolute Gasteiger partial charge is 0.278 e. The first-order valence-corrected chi connectivity index (χ1v) is 6.29. The zero-order valence-electron chi connectivity index (χ0n) is 8.40. The van der Waals surface area contributed by atoms with Gasteiger partial charge in [-0.15, -0.1) is 0 Å². The van der Waals surface area contributed by atoms with Gasteiger partial charge in [-0.3, -0.25) is 9.52 Å². The number of allylic oxidation sites excluding steroid dienone is 1. The van der Waals surface area contributed by atoms with E-state index in [-0.39, 0.29) is 6.41 Å². The number of hydrogen-bond acceptors (Lipinski definition) is 3. The lowest BCUT2D eigenvalue weighted by Gasteiger charge is -1.95. The van der Waals surface area contributed by atoms with Crippen molar-refractivity contribution in [2.24, 2.45) is 0 Å². The van der Waals surface area contributed by atoms with Crippen LogP contribution in [0.3, 0.4) is 0 Å². The maximum atomic E-state index is 10.9. The summed E-state index contributed by atoms with van der Waals surface area (Å²) in [5.41, 5.74) is 0. The zero-order chi connectivity index (χ0) is 10.9. The van der Waals surface area contributed by atoms with Crippen LogP contribution in [0.4, 0.5) is 0 Å². The molecule has 0 rings (SSSR count). The van der Waals surface area contributed by atoms with Crippen molar-refractivity contribution in [1.29, 1.82) is 0 Å². The van der Waals surface area contributed by atoms with Gasteiger partial charge in [0, 0.05) is 5.41 Å². The van der Waals surface area contributed by atoms with Crippen LogP contribution in [-0.2, 0) is 14.8 Å². The molecule has 0 unspecified atom stereocenters. The molecule has 0 aromatic rings. The van der Waals surface area contributed by atoms with Crippen molar-refractivity contribution in [1.82, 2.24) is 4.72 Å². The van der Waals surface area contributed by atoms with E-state index in [4.69, 9.17) is 0 Å². The molecule has 0 aromatic heterocycles. The normalized spacial score (nSPS) is 11.8. The highest BCUT2D eigenvalue weighted by Gasteiger charge is 1.99. The maximum Gasteiger partial charge on any atom is 0.256 e. The Kier molecular flexibility index (Phi) is 7.10. The lowest BCUT2D eigenvalue weighted by atomic mass is 10.2. The number of hydrogen-bond donors (Lipinski definition) is 1. The minimum atomic E-state index is -3.52. The molecule has 4 nitrogen and oxygen atoms in total. The van der Waals surface area contributed by atoms with Gasteiger partial charge in [0.2, 0.25) is 6.41 Å². The summed E-state index contributed by atoms with van der Waals surface area (Å²) >= 11 is 0. The summed E-state index contributed by atoms with van der Waals surface area (Å²) < 4.78 is 23.5. The Bertz CT molecular complexity index is 270. The van der Waals surface area contributed by atoms with Crippen LogP contribution in [0.25, 0.3) is 0 Å². The first-order chi connectivity index (χ1) is 6.62. The highest BCUT2D eigenvalue weighted by Crippen LogP contribution is 2.03. The molecule has 1 amide bonds. The molecule has 14 heavy (non-hydrogen) atoms. The van der Waals surface area contributed by atoms with Crippen molar-refractivity contribution in [3.8, 4) is 0 Å². The van der Waals surface area contributed by atoms with E-state index >= 15 is 0 Å². The van der Waals surface area contributed by atoms with E-state index in [1.165, 1.54) is 6.42 Å². The Morgan fingerprint density at radius 1 is 1.21 bits per heavy atom. The predicted octanol–water partition coefficient (Wildman–Crippen LogP) is 1.55. The van der Waals surface area contributed by atoms with E-state index in [0.29, 0.717) is 0 Å². The number of sulfonamides is 1. The van der Waals surface area contributed by atoms with Crippen LogP contribution in [0.1, 0.15) is 39.0 Å². The zero-order valence-corrected chi connectivity index (χ0v) is 9.22. The second-order valence-corrected chi connectivity index (χ2v) is 4.60. The van der Waals surface area contributed by atoms with Gasteiger partial charge in [-0.05, 0) is 12.8 Å². The predicted molar refractivity (Wildman–Crippen MR) is 56.0 cm³/mol. The Morgan fingerprint density at radius 3 is 2.50 bits per heavy atom. The van der Waals surface area contributed by atoms with Crippen molar-refractivity contribution in [3.63, 3.8) is 0 Å². The third-order valence-electron chi connectivity index (χ3n) is 1.71. The highest BCUT2D eigenvalue weighted by molar-refractivity contribution is 7.92. The second kappa shape index (κ2) is 7.55. The molecule has 5 heteroatoms. The van der Waals surface area contributed by atoms with Crippen LogP contribution in [0, 0.1) is 0 Å². The summed E-state index contributed by atoms with van der Waals surface area (Å²) in [6, 6.07) is 0. The standard InChI is InChI=1S/C9H17NO3S/c1-2-3-4-5-6-7-8-14(12,13)10-9-11/h7-9H,2-6H2,1H3,(H,10,11). The van der Waals surface area contributed by atoms with Crippen LogP contribution in [-0.4, -0.2) is 14.8 Å². The van der Waals surface area contributed by atoms with Crippen LogP contribution in [0.5, 0.6) is 0 Å². The van der Waals surface area contributed by atoms with Gasteiger partial charge in [-0.25, -0.2) is 8.42 Å². The fraction of sp³-hybridized carbons (Fsp3) is 0.667. The van der Waals surface area contributed by atoms with Gasteiger partial charge in [0.1, 0.15) is 0 Å². The topological polar surface area (TPSA) is 63.2 Å². The molecular weight excluding hydrogens is 202 g/mol. The Balaban J connectivity index is 3.66. The molecule has 0 aliphatic heterocycles. The summed E-state index contributed by atoms with van der Waals surface area (Å²) in [7, 11) is -3.52. The molecule has 0 radical (unpaired) electrons. The first kappa shape index (κ1) is 13.2. The molecule has 1 N–H and O–H groups in total. The molecule has 0 aromatic carbocycles. The monoisotopic (exact) mass is 219 g/mol. The average molecular weight is 219 g/mol. The number of carbonyl (C=O) groups is 1. The summed E-state index contributed by atoms with van der Waals surface area (Å²) in [4.78, 5) is 9.87. The molecule has 0 aliphatic carbocycles. The number of amides is 1. The first-order valence-electron chi connectivity index (χ1n) is 4.75. The third-order valence-corrected chi connectivity index (χ3v) is 2.69. The fourth-order valence-electron chi connectivity index (χ4n) is 0.990. The number of unbranched alkanes of at least 4 members (excludes halogenated alkanes) is 4. The maximum absolute atomic E-state index is 10.9. The van der Waals surface area contributed by atoms with E-state index in [1.807, 2.05) is 0 Å². The molecule has 0 bridgehead atoms. The highest BCUT2D eigenvalue weighted by atomic mass is 32.2. The molecule has 0 aliphatic rings. The van der Waals surface area contributed by atoms with Crippen molar-refractivity contribution in [2.75, 3.05) is 0 Å². The fourth-order valence-corrected chi connectivity index (χ4v) is 1.59. The van der Waals surface area contributed by atoms with Crippen molar-refractivity contribution in [2.45, 2.75) is 39.0 Å². The molecule has 0 heterocycles. The molecule has 0 saturated heterocycles. The van der Waals surface area contributed by atoms with Crippen LogP contribution in [0.2, 0.25) is 0 Å². The Labute approximate surface area is 85.4 Å². The minimum absolute atomic E-state index is 0.163. The second-order valence-electron chi connectivity index (χ2n) is 3.00. The van der Waals surface area contributed by atoms with Crippen molar-refractivity contribution >= 4 is 16.4 Å². The number of carbonyl (C=O) groups excluding carboxylic acids is 1. The van der Waals surface area contributed by atoms with Crippen LogP contribution < -0.4 is 4.72 Å². The van der Waals surface area contributed by atoms with Gasteiger partial charge in [-0.1, -0.05) is 32.3 Å². The molecular formula is C9H17NO3S. The SMILES string of the molecule is CCCCCCC=CS(=O)(=O)NC=O. The van der Waals surface area contributed by atoms with E-state index < -0.39 is 10.0 Å².